The van der Waals surface area contributed by atoms with Gasteiger partial charge < -0.3 is 10.2 Å². The molecule has 1 aliphatic heterocycles. The molecule has 0 amide bonds. The number of hydrogen-bond acceptors (Lipinski definition) is 2. The smallest absolute Gasteiger partial charge is 0.168 e. The van der Waals surface area contributed by atoms with E-state index in [0.717, 1.165) is 42.4 Å². The van der Waals surface area contributed by atoms with Gasteiger partial charge in [0.15, 0.2) is 5.11 Å². The van der Waals surface area contributed by atoms with E-state index < -0.39 is 0 Å². The van der Waals surface area contributed by atoms with Crippen LogP contribution in [0, 0.1) is 11.6 Å². The van der Waals surface area contributed by atoms with Crippen molar-refractivity contribution in [1.29, 1.82) is 0 Å². The Morgan fingerprint density at radius 3 is 1.72 bits per heavy atom. The second-order valence-electron chi connectivity index (χ2n) is 6.08. The van der Waals surface area contributed by atoms with Gasteiger partial charge in [-0.2, -0.15) is 0 Å². The Hall–Kier alpha value is -2.05. The van der Waals surface area contributed by atoms with E-state index in [0.29, 0.717) is 0 Å². The van der Waals surface area contributed by atoms with Crippen LogP contribution < -0.4 is 5.32 Å². The monoisotopic (exact) mass is 361 g/mol. The van der Waals surface area contributed by atoms with Crippen LogP contribution in [0.25, 0.3) is 0 Å². The lowest BCUT2D eigenvalue weighted by Gasteiger charge is -2.40. The van der Waals surface area contributed by atoms with E-state index in [1.165, 1.54) is 24.3 Å². The number of benzene rings is 2. The van der Waals surface area contributed by atoms with Crippen molar-refractivity contribution < 1.29 is 8.78 Å². The predicted octanol–water partition coefficient (Wildman–Crippen LogP) is 3.18. The molecule has 1 fully saturated rings. The number of rotatable bonds is 3. The van der Waals surface area contributed by atoms with Gasteiger partial charge in [0.25, 0.3) is 0 Å². The Balaban J connectivity index is 1.86. The van der Waals surface area contributed by atoms with E-state index in [4.69, 9.17) is 12.2 Å². The van der Waals surface area contributed by atoms with Crippen LogP contribution >= 0.6 is 12.2 Å². The highest BCUT2D eigenvalue weighted by Gasteiger charge is 2.27. The van der Waals surface area contributed by atoms with Gasteiger partial charge in [-0.15, -0.1) is 0 Å². The molecule has 25 heavy (non-hydrogen) atoms. The number of piperazine rings is 1. The molecule has 132 valence electrons. The molecule has 2 aromatic rings. The van der Waals surface area contributed by atoms with E-state index in [1.54, 1.807) is 24.3 Å². The third-order valence-corrected chi connectivity index (χ3v) is 5.01. The van der Waals surface area contributed by atoms with Crippen LogP contribution in [-0.4, -0.2) is 48.1 Å². The van der Waals surface area contributed by atoms with Gasteiger partial charge in [0.05, 0.1) is 6.04 Å². The maximum absolute atomic E-state index is 13.3. The number of nitrogens with zero attached hydrogens (tertiary/aromatic N) is 2. The second kappa shape index (κ2) is 7.89. The molecule has 0 aromatic heterocycles. The van der Waals surface area contributed by atoms with Crippen molar-refractivity contribution in [3.05, 3.63) is 71.3 Å². The maximum atomic E-state index is 13.3. The van der Waals surface area contributed by atoms with Crippen molar-refractivity contribution >= 4 is 17.3 Å². The highest BCUT2D eigenvalue weighted by atomic mass is 32.1. The lowest BCUT2D eigenvalue weighted by atomic mass is 9.96. The van der Waals surface area contributed by atoms with Crippen molar-refractivity contribution in [3.63, 3.8) is 0 Å². The minimum atomic E-state index is -0.259. The summed E-state index contributed by atoms with van der Waals surface area (Å²) in [7, 11) is 1.83. The molecule has 1 aliphatic rings. The zero-order chi connectivity index (χ0) is 17.8. The fraction of sp³-hybridized carbons (Fsp3) is 0.316. The molecule has 0 spiro atoms. The standard InChI is InChI=1S/C19H21F2N3S/c1-22-19(25)24-12-10-23(11-13-24)18(14-2-6-16(20)7-3-14)15-4-8-17(21)9-5-15/h2-9,18H,10-13H2,1H3,(H,22,25). The Bertz CT molecular complexity index is 665. The first-order chi connectivity index (χ1) is 12.1. The minimum absolute atomic E-state index is 0.0356. The predicted molar refractivity (Wildman–Crippen MR) is 99.4 cm³/mol. The summed E-state index contributed by atoms with van der Waals surface area (Å²) >= 11 is 5.31. The molecule has 1 heterocycles. The van der Waals surface area contributed by atoms with Crippen LogP contribution in [-0.2, 0) is 0 Å². The van der Waals surface area contributed by atoms with E-state index in [-0.39, 0.29) is 17.7 Å². The van der Waals surface area contributed by atoms with Crippen LogP contribution in [0.15, 0.2) is 48.5 Å². The third kappa shape index (κ3) is 4.14. The second-order valence-corrected chi connectivity index (χ2v) is 6.47. The summed E-state index contributed by atoms with van der Waals surface area (Å²) in [5.74, 6) is -0.517. The van der Waals surface area contributed by atoms with Crippen molar-refractivity contribution in [2.45, 2.75) is 6.04 Å². The van der Waals surface area contributed by atoms with Crippen LogP contribution in [0.2, 0.25) is 0 Å². The highest BCUT2D eigenvalue weighted by Crippen LogP contribution is 2.30. The van der Waals surface area contributed by atoms with E-state index in [9.17, 15) is 8.78 Å². The first kappa shape index (κ1) is 17.8. The summed E-state index contributed by atoms with van der Waals surface area (Å²) in [5.41, 5.74) is 2.00. The van der Waals surface area contributed by atoms with Gasteiger partial charge in [0.2, 0.25) is 0 Å². The molecule has 3 rings (SSSR count). The first-order valence-corrected chi connectivity index (χ1v) is 8.71. The molecular formula is C19H21F2N3S. The molecule has 0 unspecified atom stereocenters. The molecule has 0 bridgehead atoms. The van der Waals surface area contributed by atoms with Gasteiger partial charge in [-0.1, -0.05) is 24.3 Å². The Morgan fingerprint density at radius 2 is 1.32 bits per heavy atom. The highest BCUT2D eigenvalue weighted by molar-refractivity contribution is 7.80. The zero-order valence-electron chi connectivity index (χ0n) is 14.1. The van der Waals surface area contributed by atoms with Crippen LogP contribution in [0.3, 0.4) is 0 Å². The number of nitrogens with one attached hydrogen (secondary N) is 1. The third-order valence-electron chi connectivity index (χ3n) is 4.55. The van der Waals surface area contributed by atoms with E-state index in [2.05, 4.69) is 15.1 Å². The molecule has 0 saturated carbocycles. The fourth-order valence-corrected chi connectivity index (χ4v) is 3.43. The van der Waals surface area contributed by atoms with Crippen LogP contribution in [0.4, 0.5) is 8.78 Å². The van der Waals surface area contributed by atoms with Crippen LogP contribution in [0.5, 0.6) is 0 Å². The lowest BCUT2D eigenvalue weighted by molar-refractivity contribution is 0.150. The minimum Gasteiger partial charge on any atom is -0.366 e. The van der Waals surface area contributed by atoms with Crippen LogP contribution in [0.1, 0.15) is 17.2 Å². The lowest BCUT2D eigenvalue weighted by Crippen LogP contribution is -2.51. The van der Waals surface area contributed by atoms with Crippen molar-refractivity contribution in [2.75, 3.05) is 33.2 Å². The summed E-state index contributed by atoms with van der Waals surface area (Å²) in [4.78, 5) is 4.47. The summed E-state index contributed by atoms with van der Waals surface area (Å²) < 4.78 is 26.7. The van der Waals surface area contributed by atoms with Gasteiger partial charge in [-0.3, -0.25) is 4.90 Å². The summed E-state index contributed by atoms with van der Waals surface area (Å²) in [6, 6.07) is 13.0. The Kier molecular flexibility index (Phi) is 5.60. The molecule has 0 radical (unpaired) electrons. The summed E-state index contributed by atoms with van der Waals surface area (Å²) in [5, 5.41) is 3.76. The number of halogens is 2. The van der Waals surface area contributed by atoms with Crippen molar-refractivity contribution in [1.82, 2.24) is 15.1 Å². The maximum Gasteiger partial charge on any atom is 0.168 e. The molecule has 3 nitrogen and oxygen atoms in total. The summed E-state index contributed by atoms with van der Waals surface area (Å²) in [6.07, 6.45) is 0. The molecule has 6 heteroatoms. The van der Waals surface area contributed by atoms with E-state index >= 15 is 0 Å². The molecule has 1 saturated heterocycles. The molecule has 0 atom stereocenters. The van der Waals surface area contributed by atoms with Gasteiger partial charge in [0.1, 0.15) is 11.6 Å². The van der Waals surface area contributed by atoms with Gasteiger partial charge in [0, 0.05) is 33.2 Å². The average Bonchev–Trinajstić information content (AvgIpc) is 2.65. The SMILES string of the molecule is CNC(=S)N1CCN(C(c2ccc(F)cc2)c2ccc(F)cc2)CC1. The van der Waals surface area contributed by atoms with Crippen molar-refractivity contribution in [2.24, 2.45) is 0 Å². The van der Waals surface area contributed by atoms with Gasteiger partial charge in [-0.05, 0) is 47.6 Å². The molecule has 0 aliphatic carbocycles. The Morgan fingerprint density at radius 1 is 0.880 bits per heavy atom. The van der Waals surface area contributed by atoms with Crippen molar-refractivity contribution in [3.8, 4) is 0 Å². The molecule has 2 aromatic carbocycles. The van der Waals surface area contributed by atoms with Gasteiger partial charge in [-0.25, -0.2) is 8.78 Å². The normalized spacial score (nSPS) is 15.4. The Labute approximate surface area is 152 Å². The summed E-state index contributed by atoms with van der Waals surface area (Å²) in [6.45, 7) is 3.28. The molecule has 1 N–H and O–H groups in total. The quantitative estimate of drug-likeness (QED) is 0.846. The number of hydrogen-bond donors (Lipinski definition) is 1. The van der Waals surface area contributed by atoms with Gasteiger partial charge >= 0.3 is 0 Å². The number of thiocarbonyl (C=S) groups is 1. The molecular weight excluding hydrogens is 340 g/mol. The largest absolute Gasteiger partial charge is 0.366 e. The fourth-order valence-electron chi connectivity index (χ4n) is 3.25. The first-order valence-electron chi connectivity index (χ1n) is 8.30. The average molecular weight is 361 g/mol. The topological polar surface area (TPSA) is 18.5 Å². The van der Waals surface area contributed by atoms with E-state index in [1.807, 2.05) is 7.05 Å². The zero-order valence-corrected chi connectivity index (χ0v) is 14.9.